The van der Waals surface area contributed by atoms with Gasteiger partial charge in [-0.1, -0.05) is 62.9 Å². The molecule has 1 atom stereocenters. The van der Waals surface area contributed by atoms with E-state index in [-0.39, 0.29) is 17.9 Å². The van der Waals surface area contributed by atoms with Gasteiger partial charge in [-0.3, -0.25) is 9.59 Å². The van der Waals surface area contributed by atoms with E-state index in [1.807, 2.05) is 37.3 Å². The van der Waals surface area contributed by atoms with E-state index in [1.165, 1.54) is 19.3 Å². The molecule has 4 nitrogen and oxygen atoms in total. The minimum Gasteiger partial charge on any atom is -0.466 e. The number of amides is 1. The Hall–Kier alpha value is -1.84. The Morgan fingerprint density at radius 3 is 2.42 bits per heavy atom. The Morgan fingerprint density at radius 2 is 1.71 bits per heavy atom. The monoisotopic (exact) mass is 333 g/mol. The van der Waals surface area contributed by atoms with Crippen LogP contribution in [0.3, 0.4) is 0 Å². The number of esters is 1. The molecule has 134 valence electrons. The fourth-order valence-corrected chi connectivity index (χ4v) is 2.50. The second kappa shape index (κ2) is 12.6. The topological polar surface area (TPSA) is 55.4 Å². The molecule has 1 unspecified atom stereocenters. The average Bonchev–Trinajstić information content (AvgIpc) is 2.58. The van der Waals surface area contributed by atoms with Crippen molar-refractivity contribution in [3.05, 3.63) is 35.9 Å². The molecular formula is C20H31NO3. The van der Waals surface area contributed by atoms with Crippen LogP contribution in [0.2, 0.25) is 0 Å². The van der Waals surface area contributed by atoms with Crippen molar-refractivity contribution in [1.82, 2.24) is 5.32 Å². The fourth-order valence-electron chi connectivity index (χ4n) is 2.50. The van der Waals surface area contributed by atoms with Gasteiger partial charge < -0.3 is 10.1 Å². The molecule has 24 heavy (non-hydrogen) atoms. The molecule has 4 heteroatoms. The summed E-state index contributed by atoms with van der Waals surface area (Å²) in [6, 6.07) is 9.82. The highest BCUT2D eigenvalue weighted by molar-refractivity contribution is 5.77. The lowest BCUT2D eigenvalue weighted by Gasteiger charge is -2.14. The van der Waals surface area contributed by atoms with Crippen LogP contribution in [0.4, 0.5) is 0 Å². The summed E-state index contributed by atoms with van der Waals surface area (Å²) in [5, 5.41) is 2.95. The molecule has 1 N–H and O–H groups in total. The van der Waals surface area contributed by atoms with Gasteiger partial charge in [-0.2, -0.15) is 0 Å². The molecular weight excluding hydrogens is 302 g/mol. The zero-order valence-corrected chi connectivity index (χ0v) is 15.1. The number of nitrogens with one attached hydrogen (secondary N) is 1. The standard InChI is InChI=1S/C20H31NO3/c1-3-4-5-6-10-16-24-20(23)15-11-14-19(22)21-17(2)18-12-8-7-9-13-18/h7-9,12-13,17H,3-6,10-11,14-16H2,1-2H3,(H,21,22). The molecule has 0 radical (unpaired) electrons. The SMILES string of the molecule is CCCCCCCOC(=O)CCCC(=O)NC(C)c1ccccc1. The van der Waals surface area contributed by atoms with Gasteiger partial charge in [0.15, 0.2) is 0 Å². The number of carbonyl (C=O) groups excluding carboxylic acids is 2. The molecule has 0 saturated carbocycles. The highest BCUT2D eigenvalue weighted by Gasteiger charge is 2.10. The second-order valence-electron chi connectivity index (χ2n) is 6.19. The van der Waals surface area contributed by atoms with Crippen LogP contribution in [-0.2, 0) is 14.3 Å². The van der Waals surface area contributed by atoms with Crippen LogP contribution < -0.4 is 5.32 Å². The zero-order valence-electron chi connectivity index (χ0n) is 15.1. The molecule has 0 aromatic heterocycles. The van der Waals surface area contributed by atoms with Crippen LogP contribution in [0.5, 0.6) is 0 Å². The van der Waals surface area contributed by atoms with E-state index in [9.17, 15) is 9.59 Å². The third-order valence-corrected chi connectivity index (χ3v) is 3.97. The van der Waals surface area contributed by atoms with Crippen molar-refractivity contribution in [2.24, 2.45) is 0 Å². The Labute approximate surface area is 146 Å². The van der Waals surface area contributed by atoms with Gasteiger partial charge in [-0.15, -0.1) is 0 Å². The largest absolute Gasteiger partial charge is 0.466 e. The van der Waals surface area contributed by atoms with E-state index in [1.54, 1.807) is 0 Å². The van der Waals surface area contributed by atoms with Gasteiger partial charge in [-0.25, -0.2) is 0 Å². The molecule has 0 aliphatic rings. The molecule has 0 aliphatic carbocycles. The predicted octanol–water partition coefficient (Wildman–Crippen LogP) is 4.55. The van der Waals surface area contributed by atoms with Crippen LogP contribution in [0.15, 0.2) is 30.3 Å². The number of unbranched alkanes of at least 4 members (excludes halogenated alkanes) is 4. The van der Waals surface area contributed by atoms with Crippen molar-refractivity contribution in [1.29, 1.82) is 0 Å². The van der Waals surface area contributed by atoms with Crippen molar-refractivity contribution in [2.75, 3.05) is 6.61 Å². The van der Waals surface area contributed by atoms with Gasteiger partial charge in [-0.05, 0) is 25.3 Å². The first-order chi connectivity index (χ1) is 11.6. The van der Waals surface area contributed by atoms with Crippen molar-refractivity contribution in [2.45, 2.75) is 71.3 Å². The number of carbonyl (C=O) groups is 2. The lowest BCUT2D eigenvalue weighted by molar-refractivity contribution is -0.143. The summed E-state index contributed by atoms with van der Waals surface area (Å²) in [6.07, 6.45) is 6.89. The number of hydrogen-bond donors (Lipinski definition) is 1. The molecule has 0 bridgehead atoms. The van der Waals surface area contributed by atoms with E-state index in [0.29, 0.717) is 25.9 Å². The van der Waals surface area contributed by atoms with Crippen molar-refractivity contribution >= 4 is 11.9 Å². The lowest BCUT2D eigenvalue weighted by Crippen LogP contribution is -2.26. The molecule has 1 rings (SSSR count). The van der Waals surface area contributed by atoms with Gasteiger partial charge in [0, 0.05) is 12.8 Å². The Kier molecular flexibility index (Phi) is 10.6. The first-order valence-corrected chi connectivity index (χ1v) is 9.13. The number of hydrogen-bond acceptors (Lipinski definition) is 3. The third kappa shape index (κ3) is 9.33. The average molecular weight is 333 g/mol. The van der Waals surface area contributed by atoms with Crippen molar-refractivity contribution < 1.29 is 14.3 Å². The number of benzene rings is 1. The van der Waals surface area contributed by atoms with E-state index < -0.39 is 0 Å². The smallest absolute Gasteiger partial charge is 0.305 e. The quantitative estimate of drug-likeness (QED) is 0.451. The Bertz CT molecular complexity index is 473. The van der Waals surface area contributed by atoms with Crippen LogP contribution >= 0.6 is 0 Å². The molecule has 0 aliphatic heterocycles. The highest BCUT2D eigenvalue weighted by Crippen LogP contribution is 2.11. The molecule has 0 spiro atoms. The minimum absolute atomic E-state index is 0.0197. The summed E-state index contributed by atoms with van der Waals surface area (Å²) >= 11 is 0. The van der Waals surface area contributed by atoms with Gasteiger partial charge in [0.25, 0.3) is 0 Å². The molecule has 0 fully saturated rings. The second-order valence-corrected chi connectivity index (χ2v) is 6.19. The summed E-state index contributed by atoms with van der Waals surface area (Å²) in [5.74, 6) is -0.229. The first-order valence-electron chi connectivity index (χ1n) is 9.13. The van der Waals surface area contributed by atoms with Gasteiger partial charge in [0.05, 0.1) is 12.6 Å². The van der Waals surface area contributed by atoms with Crippen molar-refractivity contribution in [3.8, 4) is 0 Å². The number of ether oxygens (including phenoxy) is 1. The lowest BCUT2D eigenvalue weighted by atomic mass is 10.1. The maximum atomic E-state index is 11.9. The summed E-state index contributed by atoms with van der Waals surface area (Å²) < 4.78 is 5.18. The maximum absolute atomic E-state index is 11.9. The molecule has 1 aromatic rings. The summed E-state index contributed by atoms with van der Waals surface area (Å²) in [5.41, 5.74) is 1.08. The van der Waals surface area contributed by atoms with Crippen LogP contribution in [0.25, 0.3) is 0 Å². The maximum Gasteiger partial charge on any atom is 0.305 e. The van der Waals surface area contributed by atoms with E-state index in [2.05, 4.69) is 12.2 Å². The minimum atomic E-state index is -0.200. The third-order valence-electron chi connectivity index (χ3n) is 3.97. The molecule has 1 amide bonds. The van der Waals surface area contributed by atoms with E-state index >= 15 is 0 Å². The van der Waals surface area contributed by atoms with E-state index in [0.717, 1.165) is 18.4 Å². The normalized spacial score (nSPS) is 11.8. The highest BCUT2D eigenvalue weighted by atomic mass is 16.5. The van der Waals surface area contributed by atoms with E-state index in [4.69, 9.17) is 4.74 Å². The summed E-state index contributed by atoms with van der Waals surface area (Å²) in [4.78, 5) is 23.5. The van der Waals surface area contributed by atoms with Crippen LogP contribution in [0.1, 0.15) is 76.8 Å². The molecule has 0 heterocycles. The zero-order chi connectivity index (χ0) is 17.6. The first kappa shape index (κ1) is 20.2. The fraction of sp³-hybridized carbons (Fsp3) is 0.600. The van der Waals surface area contributed by atoms with Gasteiger partial charge in [0.2, 0.25) is 5.91 Å². The molecule has 0 saturated heterocycles. The molecule has 1 aromatic carbocycles. The number of rotatable bonds is 12. The summed E-state index contributed by atoms with van der Waals surface area (Å²) in [7, 11) is 0. The van der Waals surface area contributed by atoms with Crippen molar-refractivity contribution in [3.63, 3.8) is 0 Å². The van der Waals surface area contributed by atoms with Crippen LogP contribution in [-0.4, -0.2) is 18.5 Å². The summed E-state index contributed by atoms with van der Waals surface area (Å²) in [6.45, 7) is 4.64. The Balaban J connectivity index is 2.07. The Morgan fingerprint density at radius 1 is 1.00 bits per heavy atom. The predicted molar refractivity (Wildman–Crippen MR) is 96.6 cm³/mol. The van der Waals surface area contributed by atoms with Crippen LogP contribution in [0, 0.1) is 0 Å². The van der Waals surface area contributed by atoms with Gasteiger partial charge >= 0.3 is 5.97 Å². The van der Waals surface area contributed by atoms with Gasteiger partial charge in [0.1, 0.15) is 0 Å².